The van der Waals surface area contributed by atoms with Crippen molar-refractivity contribution in [2.45, 2.75) is 19.4 Å². The molecule has 5 nitrogen and oxygen atoms in total. The van der Waals surface area contributed by atoms with Gasteiger partial charge in [-0.2, -0.15) is 0 Å². The number of hydrogen-bond acceptors (Lipinski definition) is 5. The summed E-state index contributed by atoms with van der Waals surface area (Å²) >= 11 is 0. The molecule has 1 aromatic heterocycles. The Hall–Kier alpha value is -1.46. The predicted octanol–water partition coefficient (Wildman–Crippen LogP) is 0.594. The molecule has 0 fully saturated rings. The summed E-state index contributed by atoms with van der Waals surface area (Å²) in [6.07, 6.45) is 6.46. The number of aromatic nitrogens is 2. The molecule has 1 atom stereocenters. The lowest BCUT2D eigenvalue weighted by atomic mass is 10.2. The first-order valence-electron chi connectivity index (χ1n) is 4.89. The number of ether oxygens (including phenoxy) is 1. The number of rotatable bonds is 3. The molecular formula is C10H14N4O. The minimum Gasteiger partial charge on any atom is -0.496 e. The number of nitrogens with one attached hydrogen (secondary N) is 1. The highest BCUT2D eigenvalue weighted by atomic mass is 16.5. The van der Waals surface area contributed by atoms with Crippen molar-refractivity contribution in [2.75, 3.05) is 6.61 Å². The molecule has 2 rings (SSSR count). The van der Waals surface area contributed by atoms with Crippen LogP contribution in [0.1, 0.15) is 23.9 Å². The van der Waals surface area contributed by atoms with E-state index in [-0.39, 0.29) is 6.04 Å². The standard InChI is InChI=1S/C10H14N4O/c1-7-5-12-10(13-6-7)9(14-11)8-3-2-4-15-8/h3,5-6,9,14H,2,4,11H2,1H3. The van der Waals surface area contributed by atoms with Crippen LogP contribution in [-0.4, -0.2) is 16.6 Å². The second-order valence-corrected chi connectivity index (χ2v) is 3.46. The van der Waals surface area contributed by atoms with E-state index in [4.69, 9.17) is 10.6 Å². The second kappa shape index (κ2) is 4.37. The van der Waals surface area contributed by atoms with Crippen molar-refractivity contribution in [2.24, 2.45) is 5.84 Å². The van der Waals surface area contributed by atoms with Crippen LogP contribution in [0.5, 0.6) is 0 Å². The fourth-order valence-electron chi connectivity index (χ4n) is 1.47. The van der Waals surface area contributed by atoms with Gasteiger partial charge in [0.1, 0.15) is 11.8 Å². The lowest BCUT2D eigenvalue weighted by Gasteiger charge is -2.15. The molecule has 0 spiro atoms. The van der Waals surface area contributed by atoms with Gasteiger partial charge >= 0.3 is 0 Å². The molecule has 15 heavy (non-hydrogen) atoms. The van der Waals surface area contributed by atoms with Crippen LogP contribution in [0.2, 0.25) is 0 Å². The molecule has 0 saturated heterocycles. The first kappa shape index (κ1) is 10.1. The van der Waals surface area contributed by atoms with Crippen LogP contribution < -0.4 is 11.3 Å². The highest BCUT2D eigenvalue weighted by Gasteiger charge is 2.21. The summed E-state index contributed by atoms with van der Waals surface area (Å²) in [5.74, 6) is 6.91. The maximum absolute atomic E-state index is 5.47. The van der Waals surface area contributed by atoms with Crippen molar-refractivity contribution in [1.82, 2.24) is 15.4 Å². The summed E-state index contributed by atoms with van der Waals surface area (Å²) in [7, 11) is 0. The molecule has 0 saturated carbocycles. The first-order chi connectivity index (χ1) is 7.31. The van der Waals surface area contributed by atoms with E-state index < -0.39 is 0 Å². The fraction of sp³-hybridized carbons (Fsp3) is 0.400. The largest absolute Gasteiger partial charge is 0.496 e. The molecular weight excluding hydrogens is 192 g/mol. The van der Waals surface area contributed by atoms with Crippen molar-refractivity contribution in [3.63, 3.8) is 0 Å². The third kappa shape index (κ3) is 2.14. The van der Waals surface area contributed by atoms with Crippen molar-refractivity contribution in [1.29, 1.82) is 0 Å². The van der Waals surface area contributed by atoms with E-state index in [1.807, 2.05) is 13.0 Å². The SMILES string of the molecule is Cc1cnc(C(NN)C2=CCCO2)nc1. The van der Waals surface area contributed by atoms with Crippen LogP contribution in [0, 0.1) is 6.92 Å². The normalized spacial score (nSPS) is 17.1. The Bertz CT molecular complexity index is 360. The van der Waals surface area contributed by atoms with Gasteiger partial charge in [-0.3, -0.25) is 5.84 Å². The van der Waals surface area contributed by atoms with Gasteiger partial charge in [-0.15, -0.1) is 0 Å². The van der Waals surface area contributed by atoms with Gasteiger partial charge in [0.2, 0.25) is 0 Å². The van der Waals surface area contributed by atoms with Gasteiger partial charge in [0.05, 0.1) is 6.61 Å². The van der Waals surface area contributed by atoms with Crippen LogP contribution in [0.25, 0.3) is 0 Å². The zero-order valence-corrected chi connectivity index (χ0v) is 8.60. The van der Waals surface area contributed by atoms with Crippen LogP contribution in [0.4, 0.5) is 0 Å². The van der Waals surface area contributed by atoms with E-state index in [9.17, 15) is 0 Å². The van der Waals surface area contributed by atoms with Crippen LogP contribution in [0.3, 0.4) is 0 Å². The van der Waals surface area contributed by atoms with Crippen molar-refractivity contribution < 1.29 is 4.74 Å². The summed E-state index contributed by atoms with van der Waals surface area (Å²) in [6.45, 7) is 2.65. The molecule has 0 aliphatic carbocycles. The Balaban J connectivity index is 2.22. The van der Waals surface area contributed by atoms with Gasteiger partial charge in [-0.1, -0.05) is 0 Å². The topological polar surface area (TPSA) is 73.1 Å². The van der Waals surface area contributed by atoms with Gasteiger partial charge in [0.15, 0.2) is 5.82 Å². The first-order valence-corrected chi connectivity index (χ1v) is 4.89. The molecule has 0 aromatic carbocycles. The van der Waals surface area contributed by atoms with Crippen molar-refractivity contribution in [3.05, 3.63) is 35.6 Å². The van der Waals surface area contributed by atoms with Crippen LogP contribution in [-0.2, 0) is 4.74 Å². The maximum atomic E-state index is 5.47. The number of nitrogens with two attached hydrogens (primary N) is 1. The Labute approximate surface area is 88.3 Å². The van der Waals surface area contributed by atoms with Gasteiger partial charge in [0, 0.05) is 18.8 Å². The van der Waals surface area contributed by atoms with Gasteiger partial charge in [0.25, 0.3) is 0 Å². The van der Waals surface area contributed by atoms with Gasteiger partial charge < -0.3 is 4.74 Å². The van der Waals surface area contributed by atoms with E-state index in [1.54, 1.807) is 12.4 Å². The number of hydrogen-bond donors (Lipinski definition) is 2. The summed E-state index contributed by atoms with van der Waals surface area (Å²) in [4.78, 5) is 8.44. The molecule has 80 valence electrons. The second-order valence-electron chi connectivity index (χ2n) is 3.46. The predicted molar refractivity (Wildman–Crippen MR) is 55.5 cm³/mol. The quantitative estimate of drug-likeness (QED) is 0.559. The van der Waals surface area contributed by atoms with Gasteiger partial charge in [-0.05, 0) is 18.6 Å². The van der Waals surface area contributed by atoms with Crippen LogP contribution in [0.15, 0.2) is 24.2 Å². The van der Waals surface area contributed by atoms with E-state index in [0.29, 0.717) is 12.4 Å². The zero-order chi connectivity index (χ0) is 10.7. The Morgan fingerprint density at radius 3 is 2.73 bits per heavy atom. The lowest BCUT2D eigenvalue weighted by molar-refractivity contribution is 0.213. The molecule has 0 radical (unpaired) electrons. The lowest BCUT2D eigenvalue weighted by Crippen LogP contribution is -2.31. The zero-order valence-electron chi connectivity index (χ0n) is 8.60. The average molecular weight is 206 g/mol. The molecule has 5 heteroatoms. The molecule has 0 bridgehead atoms. The van der Waals surface area contributed by atoms with E-state index >= 15 is 0 Å². The Kier molecular flexibility index (Phi) is 2.94. The number of hydrazine groups is 1. The molecule has 1 aliphatic heterocycles. The van der Waals surface area contributed by atoms with E-state index in [0.717, 1.165) is 17.7 Å². The summed E-state index contributed by atoms with van der Waals surface area (Å²) in [6, 6.07) is -0.243. The summed E-state index contributed by atoms with van der Waals surface area (Å²) in [5, 5.41) is 0. The minimum atomic E-state index is -0.243. The van der Waals surface area contributed by atoms with E-state index in [1.165, 1.54) is 0 Å². The molecule has 2 heterocycles. The molecule has 3 N–H and O–H groups in total. The third-order valence-corrected chi connectivity index (χ3v) is 2.24. The maximum Gasteiger partial charge on any atom is 0.154 e. The summed E-state index contributed by atoms with van der Waals surface area (Å²) < 4.78 is 5.43. The number of aryl methyl sites for hydroxylation is 1. The smallest absolute Gasteiger partial charge is 0.154 e. The highest BCUT2D eigenvalue weighted by molar-refractivity contribution is 5.15. The summed E-state index contributed by atoms with van der Waals surface area (Å²) in [5.41, 5.74) is 3.69. The Morgan fingerprint density at radius 2 is 2.20 bits per heavy atom. The highest BCUT2D eigenvalue weighted by Crippen LogP contribution is 2.22. The third-order valence-electron chi connectivity index (χ3n) is 2.24. The molecule has 1 unspecified atom stereocenters. The molecule has 1 aliphatic rings. The van der Waals surface area contributed by atoms with Crippen LogP contribution >= 0.6 is 0 Å². The van der Waals surface area contributed by atoms with E-state index in [2.05, 4.69) is 15.4 Å². The Morgan fingerprint density at radius 1 is 1.47 bits per heavy atom. The number of nitrogens with zero attached hydrogens (tertiary/aromatic N) is 2. The molecule has 0 amide bonds. The van der Waals surface area contributed by atoms with Crippen molar-refractivity contribution in [3.8, 4) is 0 Å². The molecule has 1 aromatic rings. The van der Waals surface area contributed by atoms with Crippen molar-refractivity contribution >= 4 is 0 Å². The van der Waals surface area contributed by atoms with Gasteiger partial charge in [-0.25, -0.2) is 15.4 Å². The average Bonchev–Trinajstić information content (AvgIpc) is 2.75. The monoisotopic (exact) mass is 206 g/mol. The minimum absolute atomic E-state index is 0.243. The fourth-order valence-corrected chi connectivity index (χ4v) is 1.47.